The maximum Gasteiger partial charge on any atom is 0.345 e. The third-order valence-electron chi connectivity index (χ3n) is 6.37. The van der Waals surface area contributed by atoms with Gasteiger partial charge in [0.05, 0.1) is 5.69 Å². The fourth-order valence-corrected chi connectivity index (χ4v) is 4.69. The van der Waals surface area contributed by atoms with Crippen LogP contribution in [0.25, 0.3) is 22.2 Å². The number of aromatic carboxylic acids is 1. The lowest BCUT2D eigenvalue weighted by molar-refractivity contribution is 0.0691. The van der Waals surface area contributed by atoms with Crippen LogP contribution in [0.4, 0.5) is 0 Å². The van der Waals surface area contributed by atoms with E-state index in [1.165, 1.54) is 0 Å². The minimum absolute atomic E-state index is 0.428. The molecular weight excluding hydrogens is 420 g/mol. The smallest absolute Gasteiger partial charge is 0.345 e. The number of carboxylic acids is 1. The van der Waals surface area contributed by atoms with E-state index in [-0.39, 0.29) is 0 Å². The number of rotatable bonds is 5. The molecular formula is C25H24N4O4. The molecule has 0 atom stereocenters. The van der Waals surface area contributed by atoms with Gasteiger partial charge in [0.15, 0.2) is 5.56 Å². The van der Waals surface area contributed by atoms with Gasteiger partial charge < -0.3 is 25.1 Å². The van der Waals surface area contributed by atoms with Crippen LogP contribution in [-0.4, -0.2) is 30.7 Å². The van der Waals surface area contributed by atoms with E-state index in [2.05, 4.69) is 32.0 Å². The maximum atomic E-state index is 12.4. The quantitative estimate of drug-likeness (QED) is 0.375. The van der Waals surface area contributed by atoms with Crippen LogP contribution < -0.4 is 10.9 Å². The first kappa shape index (κ1) is 21.0. The molecule has 3 aromatic heterocycles. The molecule has 0 amide bonds. The van der Waals surface area contributed by atoms with Crippen molar-refractivity contribution < 1.29 is 15.0 Å². The van der Waals surface area contributed by atoms with Crippen molar-refractivity contribution in [1.82, 2.24) is 19.9 Å². The van der Waals surface area contributed by atoms with Crippen molar-refractivity contribution in [2.24, 2.45) is 7.05 Å². The molecule has 0 saturated heterocycles. The minimum atomic E-state index is -1.43. The summed E-state index contributed by atoms with van der Waals surface area (Å²) in [6.45, 7) is 1.40. The van der Waals surface area contributed by atoms with Gasteiger partial charge in [-0.2, -0.15) is 0 Å². The number of aromatic hydroxyl groups is 1. The molecule has 4 N–H and O–H groups in total. The number of benzene rings is 1. The fourth-order valence-electron chi connectivity index (χ4n) is 4.69. The highest BCUT2D eigenvalue weighted by Crippen LogP contribution is 2.38. The summed E-state index contributed by atoms with van der Waals surface area (Å²) in [5.41, 5.74) is 4.83. The monoisotopic (exact) mass is 444 g/mol. The predicted molar refractivity (Wildman–Crippen MR) is 124 cm³/mol. The zero-order valence-corrected chi connectivity index (χ0v) is 18.2. The van der Waals surface area contributed by atoms with Crippen molar-refractivity contribution in [3.05, 3.63) is 81.0 Å². The first-order valence-corrected chi connectivity index (χ1v) is 10.9. The Bertz CT molecular complexity index is 1440. The van der Waals surface area contributed by atoms with E-state index in [1.807, 2.05) is 31.4 Å². The number of fused-ring (bicyclic) bond motifs is 4. The van der Waals surface area contributed by atoms with Gasteiger partial charge in [0.2, 0.25) is 0 Å². The highest BCUT2D eigenvalue weighted by molar-refractivity contribution is 5.93. The summed E-state index contributed by atoms with van der Waals surface area (Å²) in [7, 11) is 2.04. The van der Waals surface area contributed by atoms with Crippen molar-refractivity contribution in [1.29, 1.82) is 0 Å². The number of hydrogen-bond donors (Lipinski definition) is 4. The normalized spacial score (nSPS) is 12.9. The summed E-state index contributed by atoms with van der Waals surface area (Å²) < 4.78 is 2.16. The lowest BCUT2D eigenvalue weighted by Crippen LogP contribution is -2.20. The molecule has 4 aromatic rings. The van der Waals surface area contributed by atoms with Gasteiger partial charge in [0, 0.05) is 60.3 Å². The van der Waals surface area contributed by atoms with Crippen LogP contribution in [0.15, 0.2) is 47.5 Å². The van der Waals surface area contributed by atoms with Crippen LogP contribution in [0, 0.1) is 0 Å². The Kier molecular flexibility index (Phi) is 5.22. The second-order valence-electron chi connectivity index (χ2n) is 8.42. The molecule has 1 aliphatic rings. The molecule has 0 aliphatic heterocycles. The number of aromatic nitrogens is 3. The van der Waals surface area contributed by atoms with Gasteiger partial charge in [0.1, 0.15) is 5.75 Å². The minimum Gasteiger partial charge on any atom is -0.506 e. The number of aryl methyl sites for hydroxylation is 2. The van der Waals surface area contributed by atoms with Crippen LogP contribution in [0.2, 0.25) is 0 Å². The topological polar surface area (TPSA) is 120 Å². The third kappa shape index (κ3) is 3.68. The Morgan fingerprint density at radius 3 is 2.85 bits per heavy atom. The largest absolute Gasteiger partial charge is 0.506 e. The van der Waals surface area contributed by atoms with E-state index in [9.17, 15) is 19.8 Å². The van der Waals surface area contributed by atoms with Gasteiger partial charge >= 0.3 is 5.97 Å². The summed E-state index contributed by atoms with van der Waals surface area (Å²) in [5.74, 6) is -1.86. The summed E-state index contributed by atoms with van der Waals surface area (Å²) in [6, 6.07) is 10.2. The first-order chi connectivity index (χ1) is 15.9. The average molecular weight is 444 g/mol. The molecule has 0 radical (unpaired) electrons. The van der Waals surface area contributed by atoms with E-state index >= 15 is 0 Å². The van der Waals surface area contributed by atoms with E-state index in [0.717, 1.165) is 46.1 Å². The number of pyridine rings is 2. The second-order valence-corrected chi connectivity index (χ2v) is 8.42. The van der Waals surface area contributed by atoms with E-state index in [1.54, 1.807) is 6.20 Å². The van der Waals surface area contributed by atoms with Gasteiger partial charge in [-0.1, -0.05) is 6.07 Å². The molecule has 5 rings (SSSR count). The lowest BCUT2D eigenvalue weighted by atomic mass is 9.98. The predicted octanol–water partition coefficient (Wildman–Crippen LogP) is 3.11. The maximum absolute atomic E-state index is 12.4. The Morgan fingerprint density at radius 1 is 1.24 bits per heavy atom. The molecule has 1 aromatic carbocycles. The SMILES string of the molecule is Cn1c(CNCc2cccnc2)cc2cc3c(cc21)CCCc1c-3[nH]c(=O)c(C(=O)O)c1O. The molecule has 33 heavy (non-hydrogen) atoms. The first-order valence-electron chi connectivity index (χ1n) is 10.9. The Balaban J connectivity index is 1.54. The number of hydrogen-bond acceptors (Lipinski definition) is 5. The molecule has 8 heteroatoms. The molecule has 0 saturated carbocycles. The zero-order chi connectivity index (χ0) is 23.1. The number of carboxylic acid groups (broad SMARTS) is 1. The van der Waals surface area contributed by atoms with Crippen LogP contribution in [0.5, 0.6) is 5.75 Å². The number of nitrogens with one attached hydrogen (secondary N) is 2. The van der Waals surface area contributed by atoms with Gasteiger partial charge in [-0.05, 0) is 54.7 Å². The number of aromatic amines is 1. The molecule has 0 bridgehead atoms. The van der Waals surface area contributed by atoms with Crippen molar-refractivity contribution in [3.8, 4) is 17.0 Å². The van der Waals surface area contributed by atoms with Crippen molar-refractivity contribution in [2.75, 3.05) is 0 Å². The fraction of sp³-hybridized carbons (Fsp3) is 0.240. The van der Waals surface area contributed by atoms with Crippen LogP contribution in [-0.2, 0) is 33.0 Å². The van der Waals surface area contributed by atoms with Crippen LogP contribution in [0.1, 0.15) is 39.2 Å². The molecule has 1 aliphatic carbocycles. The Morgan fingerprint density at radius 2 is 2.09 bits per heavy atom. The van der Waals surface area contributed by atoms with Crippen molar-refractivity contribution >= 4 is 16.9 Å². The lowest BCUT2D eigenvalue weighted by Gasteiger charge is -2.13. The number of nitrogens with zero attached hydrogens (tertiary/aromatic N) is 2. The molecule has 0 spiro atoms. The van der Waals surface area contributed by atoms with Gasteiger partial charge in [-0.3, -0.25) is 9.78 Å². The summed E-state index contributed by atoms with van der Waals surface area (Å²) >= 11 is 0. The molecule has 0 fully saturated rings. The summed E-state index contributed by atoms with van der Waals surface area (Å²) in [6.07, 6.45) is 5.60. The van der Waals surface area contributed by atoms with Crippen LogP contribution in [0.3, 0.4) is 0 Å². The Labute approximate surface area is 189 Å². The number of carbonyl (C=O) groups is 1. The highest BCUT2D eigenvalue weighted by Gasteiger charge is 2.26. The van der Waals surface area contributed by atoms with Gasteiger partial charge in [-0.25, -0.2) is 4.79 Å². The zero-order valence-electron chi connectivity index (χ0n) is 18.2. The van der Waals surface area contributed by atoms with Gasteiger partial charge in [0.25, 0.3) is 5.56 Å². The third-order valence-corrected chi connectivity index (χ3v) is 6.37. The highest BCUT2D eigenvalue weighted by atomic mass is 16.4. The number of H-pyrrole nitrogens is 1. The van der Waals surface area contributed by atoms with E-state index < -0.39 is 22.8 Å². The molecule has 8 nitrogen and oxygen atoms in total. The standard InChI is InChI=1S/C25H24N4O4/c1-29-17(13-27-12-14-4-3-7-26-11-14)8-16-9-19-15(10-20(16)29)5-2-6-18-22(19)28-24(31)21(23(18)30)25(32)33/h3-4,7-11,27H,2,5-6,12-13H2,1H3,(H,32,33)(H2,28,30,31). The average Bonchev–Trinajstić information content (AvgIpc) is 2.97. The van der Waals surface area contributed by atoms with Crippen molar-refractivity contribution in [2.45, 2.75) is 32.4 Å². The molecule has 168 valence electrons. The summed E-state index contributed by atoms with van der Waals surface area (Å²) in [4.78, 5) is 30.8. The van der Waals surface area contributed by atoms with E-state index in [4.69, 9.17) is 0 Å². The van der Waals surface area contributed by atoms with Gasteiger partial charge in [-0.15, -0.1) is 0 Å². The molecule has 3 heterocycles. The Hall–Kier alpha value is -3.91. The van der Waals surface area contributed by atoms with Crippen LogP contribution >= 0.6 is 0 Å². The van der Waals surface area contributed by atoms with E-state index in [0.29, 0.717) is 30.8 Å². The van der Waals surface area contributed by atoms with Crippen molar-refractivity contribution in [3.63, 3.8) is 0 Å². The molecule has 0 unspecified atom stereocenters. The summed E-state index contributed by atoms with van der Waals surface area (Å²) in [5, 5.41) is 24.4. The second kappa shape index (κ2) is 8.22.